The standard InChI is InChI=1S/C18H21N5O2/c1-10-5-4-6-14-17(10)23-15(22-14)9-19-16(24)8-7-13-11(2)20-18(25)21-12(13)3/h4-6H,7-9H2,1-3H3,(H,19,24)(H,22,23)(H,20,21,25). The van der Waals surface area contributed by atoms with Crippen molar-refractivity contribution in [1.82, 2.24) is 25.3 Å². The molecular weight excluding hydrogens is 318 g/mol. The third-order valence-electron chi connectivity index (χ3n) is 4.27. The molecule has 2 heterocycles. The van der Waals surface area contributed by atoms with E-state index >= 15 is 0 Å². The van der Waals surface area contributed by atoms with E-state index in [-0.39, 0.29) is 11.6 Å². The highest BCUT2D eigenvalue weighted by atomic mass is 16.1. The topological polar surface area (TPSA) is 104 Å². The Morgan fingerprint density at radius 1 is 1.16 bits per heavy atom. The lowest BCUT2D eigenvalue weighted by molar-refractivity contribution is -0.121. The minimum atomic E-state index is -0.358. The van der Waals surface area contributed by atoms with Gasteiger partial charge in [-0.1, -0.05) is 12.1 Å². The van der Waals surface area contributed by atoms with Gasteiger partial charge < -0.3 is 15.3 Å². The van der Waals surface area contributed by atoms with Crippen molar-refractivity contribution in [2.75, 3.05) is 0 Å². The molecule has 0 aliphatic rings. The molecule has 0 unspecified atom stereocenters. The van der Waals surface area contributed by atoms with Crippen molar-refractivity contribution in [1.29, 1.82) is 0 Å². The molecule has 0 atom stereocenters. The Morgan fingerprint density at radius 2 is 1.96 bits per heavy atom. The average molecular weight is 339 g/mol. The number of carbonyl (C=O) groups is 1. The molecule has 0 fully saturated rings. The van der Waals surface area contributed by atoms with Crippen LogP contribution in [0.3, 0.4) is 0 Å². The number of aromatic amines is 2. The van der Waals surface area contributed by atoms with Crippen LogP contribution in [0.5, 0.6) is 0 Å². The van der Waals surface area contributed by atoms with E-state index < -0.39 is 0 Å². The van der Waals surface area contributed by atoms with Gasteiger partial charge in [-0.15, -0.1) is 0 Å². The molecule has 3 N–H and O–H groups in total. The van der Waals surface area contributed by atoms with Crippen molar-refractivity contribution in [2.45, 2.75) is 40.2 Å². The van der Waals surface area contributed by atoms with Gasteiger partial charge in [0.05, 0.1) is 17.6 Å². The third-order valence-corrected chi connectivity index (χ3v) is 4.27. The number of rotatable bonds is 5. The molecule has 0 radical (unpaired) electrons. The van der Waals surface area contributed by atoms with Crippen molar-refractivity contribution in [3.05, 3.63) is 57.0 Å². The Balaban J connectivity index is 1.59. The summed E-state index contributed by atoms with van der Waals surface area (Å²) < 4.78 is 0. The van der Waals surface area contributed by atoms with Gasteiger partial charge in [-0.05, 0) is 44.4 Å². The lowest BCUT2D eigenvalue weighted by atomic mass is 10.1. The van der Waals surface area contributed by atoms with Gasteiger partial charge >= 0.3 is 5.69 Å². The Hall–Kier alpha value is -2.96. The molecule has 2 aromatic heterocycles. The predicted molar refractivity (Wildman–Crippen MR) is 95.3 cm³/mol. The fourth-order valence-electron chi connectivity index (χ4n) is 2.94. The van der Waals surface area contributed by atoms with Crippen molar-refractivity contribution in [3.63, 3.8) is 0 Å². The number of carbonyl (C=O) groups excluding carboxylic acids is 1. The molecule has 0 bridgehead atoms. The van der Waals surface area contributed by atoms with Gasteiger partial charge in [-0.2, -0.15) is 4.98 Å². The van der Waals surface area contributed by atoms with Crippen LogP contribution >= 0.6 is 0 Å². The van der Waals surface area contributed by atoms with Crippen molar-refractivity contribution in [2.24, 2.45) is 0 Å². The highest BCUT2D eigenvalue weighted by Gasteiger charge is 2.10. The van der Waals surface area contributed by atoms with Gasteiger partial charge in [0.25, 0.3) is 0 Å². The summed E-state index contributed by atoms with van der Waals surface area (Å²) >= 11 is 0. The van der Waals surface area contributed by atoms with E-state index in [1.807, 2.05) is 32.0 Å². The monoisotopic (exact) mass is 339 g/mol. The summed E-state index contributed by atoms with van der Waals surface area (Å²) in [7, 11) is 0. The van der Waals surface area contributed by atoms with Gasteiger partial charge in [0.1, 0.15) is 5.82 Å². The molecular formula is C18H21N5O2. The van der Waals surface area contributed by atoms with Crippen LogP contribution in [0.1, 0.15) is 34.8 Å². The van der Waals surface area contributed by atoms with Gasteiger partial charge in [-0.3, -0.25) is 4.79 Å². The number of hydrogen-bond donors (Lipinski definition) is 3. The number of nitrogens with zero attached hydrogens (tertiary/aromatic N) is 2. The van der Waals surface area contributed by atoms with Crippen LogP contribution in [-0.4, -0.2) is 25.8 Å². The highest BCUT2D eigenvalue weighted by molar-refractivity contribution is 5.79. The first kappa shape index (κ1) is 16.9. The number of benzene rings is 1. The number of H-pyrrole nitrogens is 2. The molecule has 3 rings (SSSR count). The summed E-state index contributed by atoms with van der Waals surface area (Å²) in [5.41, 5.74) is 4.98. The molecule has 0 spiro atoms. The lowest BCUT2D eigenvalue weighted by Gasteiger charge is -2.08. The minimum absolute atomic E-state index is 0.0674. The lowest BCUT2D eigenvalue weighted by Crippen LogP contribution is -2.24. The van der Waals surface area contributed by atoms with Crippen LogP contribution in [0.4, 0.5) is 0 Å². The molecule has 7 nitrogen and oxygen atoms in total. The molecule has 7 heteroatoms. The number of amides is 1. The Labute approximate surface area is 144 Å². The van der Waals surface area contributed by atoms with Gasteiger partial charge in [0.2, 0.25) is 5.91 Å². The summed E-state index contributed by atoms with van der Waals surface area (Å²) in [6.07, 6.45) is 0.862. The minimum Gasteiger partial charge on any atom is -0.349 e. The van der Waals surface area contributed by atoms with Crippen LogP contribution < -0.4 is 11.0 Å². The maximum atomic E-state index is 12.1. The first-order valence-corrected chi connectivity index (χ1v) is 8.21. The maximum absolute atomic E-state index is 12.1. The predicted octanol–water partition coefficient (Wildman–Crippen LogP) is 1.82. The van der Waals surface area contributed by atoms with Crippen molar-refractivity contribution in [3.8, 4) is 0 Å². The number of fused-ring (bicyclic) bond motifs is 1. The molecule has 130 valence electrons. The van der Waals surface area contributed by atoms with Crippen LogP contribution in [0.25, 0.3) is 11.0 Å². The summed E-state index contributed by atoms with van der Waals surface area (Å²) in [4.78, 5) is 37.7. The second-order valence-corrected chi connectivity index (χ2v) is 6.16. The van der Waals surface area contributed by atoms with E-state index in [2.05, 4.69) is 25.3 Å². The molecule has 25 heavy (non-hydrogen) atoms. The second-order valence-electron chi connectivity index (χ2n) is 6.16. The molecule has 0 aliphatic carbocycles. The number of nitrogens with one attached hydrogen (secondary N) is 3. The van der Waals surface area contributed by atoms with Gasteiger partial charge in [-0.25, -0.2) is 9.78 Å². The van der Waals surface area contributed by atoms with Gasteiger partial charge in [0.15, 0.2) is 0 Å². The molecule has 0 saturated heterocycles. The van der Waals surface area contributed by atoms with Crippen LogP contribution in [0, 0.1) is 20.8 Å². The maximum Gasteiger partial charge on any atom is 0.345 e. The molecule has 1 aromatic carbocycles. The number of para-hydroxylation sites is 1. The number of hydrogen-bond acceptors (Lipinski definition) is 4. The van der Waals surface area contributed by atoms with Crippen molar-refractivity contribution >= 4 is 16.9 Å². The van der Waals surface area contributed by atoms with E-state index in [9.17, 15) is 9.59 Å². The third kappa shape index (κ3) is 3.76. The molecule has 0 aliphatic heterocycles. The fourth-order valence-corrected chi connectivity index (χ4v) is 2.94. The smallest absolute Gasteiger partial charge is 0.345 e. The zero-order valence-corrected chi connectivity index (χ0v) is 14.6. The van der Waals surface area contributed by atoms with Gasteiger partial charge in [0, 0.05) is 17.8 Å². The van der Waals surface area contributed by atoms with Crippen LogP contribution in [-0.2, 0) is 17.8 Å². The average Bonchev–Trinajstić information content (AvgIpc) is 2.96. The van der Waals surface area contributed by atoms with Crippen LogP contribution in [0.2, 0.25) is 0 Å². The van der Waals surface area contributed by atoms with E-state index in [1.54, 1.807) is 6.92 Å². The number of aryl methyl sites for hydroxylation is 3. The zero-order chi connectivity index (χ0) is 18.0. The van der Waals surface area contributed by atoms with Crippen LogP contribution in [0.15, 0.2) is 23.0 Å². The molecule has 1 amide bonds. The highest BCUT2D eigenvalue weighted by Crippen LogP contribution is 2.15. The van der Waals surface area contributed by atoms with E-state index in [0.717, 1.165) is 33.7 Å². The van der Waals surface area contributed by atoms with Crippen molar-refractivity contribution < 1.29 is 4.79 Å². The van der Waals surface area contributed by atoms with E-state index in [0.29, 0.717) is 25.1 Å². The summed E-state index contributed by atoms with van der Waals surface area (Å²) in [5.74, 6) is 0.665. The quantitative estimate of drug-likeness (QED) is 0.659. The summed E-state index contributed by atoms with van der Waals surface area (Å²) in [5, 5.41) is 2.87. The Kier molecular flexibility index (Phi) is 4.65. The first-order chi connectivity index (χ1) is 11.9. The number of imidazole rings is 1. The summed E-state index contributed by atoms with van der Waals surface area (Å²) in [6, 6.07) is 5.95. The van der Waals surface area contributed by atoms with E-state index in [4.69, 9.17) is 0 Å². The Bertz CT molecular complexity index is 961. The second kappa shape index (κ2) is 6.88. The number of aromatic nitrogens is 4. The fraction of sp³-hybridized carbons (Fsp3) is 0.333. The van der Waals surface area contributed by atoms with E-state index in [1.165, 1.54) is 0 Å². The normalized spacial score (nSPS) is 11.0. The molecule has 0 saturated carbocycles. The first-order valence-electron chi connectivity index (χ1n) is 8.21. The molecule has 3 aromatic rings. The SMILES string of the molecule is Cc1nc(=O)[nH]c(C)c1CCC(=O)NCc1nc2c(C)cccc2[nH]1. The zero-order valence-electron chi connectivity index (χ0n) is 14.6. The Morgan fingerprint density at radius 3 is 2.68 bits per heavy atom. The largest absolute Gasteiger partial charge is 0.349 e. The summed E-state index contributed by atoms with van der Waals surface area (Å²) in [6.45, 7) is 5.97.